The van der Waals surface area contributed by atoms with Crippen LogP contribution in [0, 0.1) is 23.2 Å². The van der Waals surface area contributed by atoms with Crippen LogP contribution in [0.2, 0.25) is 0 Å². The fraction of sp³-hybridized carbons (Fsp3) is 0.558. The number of nitriles is 1. The average molecular weight is 918 g/mol. The lowest BCUT2D eigenvalue weighted by Crippen LogP contribution is -2.60. The summed E-state index contributed by atoms with van der Waals surface area (Å²) in [7, 11) is 1.37. The van der Waals surface area contributed by atoms with Crippen molar-refractivity contribution >= 4 is 11.9 Å². The Morgan fingerprint density at radius 3 is 2.17 bits per heavy atom. The number of carbonyl (C=O) groups excluding carboxylic acids is 2. The highest BCUT2D eigenvalue weighted by atomic mass is 16.8. The number of nitrogens with zero attached hydrogens (tertiary/aromatic N) is 1. The van der Waals surface area contributed by atoms with E-state index >= 15 is 0 Å². The largest absolute Gasteiger partial charge is 0.496 e. The number of para-hydroxylation sites is 1. The van der Waals surface area contributed by atoms with Crippen molar-refractivity contribution in [3.63, 3.8) is 0 Å². The van der Waals surface area contributed by atoms with Gasteiger partial charge in [0.1, 0.15) is 79.5 Å². The van der Waals surface area contributed by atoms with Crippen molar-refractivity contribution in [2.45, 2.75) is 98.2 Å². The van der Waals surface area contributed by atoms with Crippen LogP contribution in [0.15, 0.2) is 78.1 Å². The third-order valence-corrected chi connectivity index (χ3v) is 11.9. The number of aliphatic hydroxyl groups excluding tert-OH is 8. The van der Waals surface area contributed by atoms with Gasteiger partial charge in [-0.1, -0.05) is 48.5 Å². The Morgan fingerprint density at radius 2 is 1.48 bits per heavy atom. The second-order valence-corrected chi connectivity index (χ2v) is 16.0. The molecule has 2 aromatic rings. The van der Waals surface area contributed by atoms with Gasteiger partial charge in [0.2, 0.25) is 6.29 Å². The number of allylic oxidation sites excluding steroid dienone is 1. The molecule has 22 nitrogen and oxygen atoms in total. The van der Waals surface area contributed by atoms with E-state index in [9.17, 15) is 60.8 Å². The summed E-state index contributed by atoms with van der Waals surface area (Å²) < 4.78 is 55.7. The molecule has 0 spiro atoms. The molecule has 65 heavy (non-hydrogen) atoms. The van der Waals surface area contributed by atoms with Crippen LogP contribution in [0.25, 0.3) is 0 Å². The summed E-state index contributed by atoms with van der Waals surface area (Å²) in [5.41, 5.74) is -1.35. The van der Waals surface area contributed by atoms with Gasteiger partial charge >= 0.3 is 11.9 Å². The standard InChI is InChI=1S/C43H51NO21/c1-56-25-10-6-5-9-23(25)37(53)57-16-27-30(46)33(49)35(51)41(64-27)65-39-29-21(14-45)11-12-22(29)24(15-58-39)38(54)60-18-43(55)19-61-42(36(43)52)59-17-28-31(47)32(48)34(50)40(63-28)62-26(13-44)20-7-3-2-4-8-20/h2-11,15,22,26-36,39-42,45-52,55H,12,14,16-19H2,1H3/t22-,26+,27-,28-,29-,30-,31-,32+,33+,34-,35-,36+,39+,40-,41+,42-,43-/m1/s1. The van der Waals surface area contributed by atoms with Gasteiger partial charge in [-0.25, -0.2) is 9.59 Å². The van der Waals surface area contributed by atoms with Crippen LogP contribution in [0.5, 0.6) is 5.75 Å². The first-order chi connectivity index (χ1) is 31.2. The van der Waals surface area contributed by atoms with Gasteiger partial charge in [0, 0.05) is 5.92 Å². The van der Waals surface area contributed by atoms with Crippen molar-refractivity contribution in [1.82, 2.24) is 0 Å². The number of carbonyl (C=O) groups is 2. The fourth-order valence-electron chi connectivity index (χ4n) is 8.15. The Bertz CT molecular complexity index is 2070. The average Bonchev–Trinajstić information content (AvgIpc) is 3.89. The molecule has 0 saturated carbocycles. The second-order valence-electron chi connectivity index (χ2n) is 16.0. The molecule has 7 rings (SSSR count). The summed E-state index contributed by atoms with van der Waals surface area (Å²) in [5, 5.41) is 106. The number of aliphatic hydroxyl groups is 9. The Balaban J connectivity index is 0.937. The smallest absolute Gasteiger partial charge is 0.342 e. The van der Waals surface area contributed by atoms with Gasteiger partial charge in [0.05, 0.1) is 50.8 Å². The van der Waals surface area contributed by atoms with Crippen LogP contribution in [0.3, 0.4) is 0 Å². The van der Waals surface area contributed by atoms with E-state index in [1.165, 1.54) is 13.2 Å². The molecule has 5 aliphatic rings. The zero-order valence-electron chi connectivity index (χ0n) is 34.7. The molecule has 354 valence electrons. The van der Waals surface area contributed by atoms with Crippen molar-refractivity contribution in [2.75, 3.05) is 40.1 Å². The van der Waals surface area contributed by atoms with Gasteiger partial charge in [0.15, 0.2) is 30.6 Å². The highest BCUT2D eigenvalue weighted by molar-refractivity contribution is 5.92. The van der Waals surface area contributed by atoms with E-state index in [0.717, 1.165) is 6.26 Å². The minimum Gasteiger partial charge on any atom is -0.496 e. The van der Waals surface area contributed by atoms with Crippen molar-refractivity contribution in [1.29, 1.82) is 5.26 Å². The van der Waals surface area contributed by atoms with Gasteiger partial charge in [0.25, 0.3) is 0 Å². The molecule has 3 saturated heterocycles. The number of benzene rings is 2. The molecule has 4 heterocycles. The number of rotatable bonds is 16. The maximum atomic E-state index is 13.6. The van der Waals surface area contributed by atoms with Gasteiger partial charge in [-0.3, -0.25) is 0 Å². The van der Waals surface area contributed by atoms with Crippen LogP contribution >= 0.6 is 0 Å². The first kappa shape index (κ1) is 48.3. The predicted octanol–water partition coefficient (Wildman–Crippen LogP) is -2.43. The van der Waals surface area contributed by atoms with Crippen LogP contribution in [-0.2, 0) is 47.4 Å². The highest BCUT2D eigenvalue weighted by Gasteiger charge is 2.53. The van der Waals surface area contributed by atoms with Crippen LogP contribution in [-0.4, -0.2) is 184 Å². The van der Waals surface area contributed by atoms with Crippen LogP contribution in [0.1, 0.15) is 28.4 Å². The summed E-state index contributed by atoms with van der Waals surface area (Å²) >= 11 is 0. The molecule has 0 amide bonds. The number of esters is 2. The summed E-state index contributed by atoms with van der Waals surface area (Å²) in [4.78, 5) is 26.4. The molecule has 4 aliphatic heterocycles. The number of methoxy groups -OCH3 is 1. The molecule has 0 bridgehead atoms. The maximum absolute atomic E-state index is 13.6. The third-order valence-electron chi connectivity index (χ3n) is 11.9. The number of hydrogen-bond donors (Lipinski definition) is 9. The molecule has 2 aromatic carbocycles. The molecule has 9 N–H and O–H groups in total. The minimum absolute atomic E-state index is 0.0482. The lowest BCUT2D eigenvalue weighted by atomic mass is 9.83. The molecular weight excluding hydrogens is 866 g/mol. The number of hydrogen-bond acceptors (Lipinski definition) is 22. The Morgan fingerprint density at radius 1 is 0.815 bits per heavy atom. The number of fused-ring (bicyclic) bond motifs is 1. The summed E-state index contributed by atoms with van der Waals surface area (Å²) in [6.45, 7) is -3.03. The summed E-state index contributed by atoms with van der Waals surface area (Å²) in [6, 6.07) is 16.5. The van der Waals surface area contributed by atoms with E-state index in [1.807, 2.05) is 6.07 Å². The molecule has 22 heteroatoms. The third kappa shape index (κ3) is 10.2. The van der Waals surface area contributed by atoms with Crippen LogP contribution < -0.4 is 4.74 Å². The zero-order valence-corrected chi connectivity index (χ0v) is 34.7. The van der Waals surface area contributed by atoms with E-state index in [0.29, 0.717) is 11.1 Å². The number of ether oxygens (including phenoxy) is 10. The van der Waals surface area contributed by atoms with E-state index in [2.05, 4.69) is 0 Å². The van der Waals surface area contributed by atoms with Crippen molar-refractivity contribution in [2.24, 2.45) is 11.8 Å². The maximum Gasteiger partial charge on any atom is 0.342 e. The van der Waals surface area contributed by atoms with E-state index in [-0.39, 0.29) is 23.3 Å². The molecule has 17 atom stereocenters. The minimum atomic E-state index is -2.22. The van der Waals surface area contributed by atoms with Gasteiger partial charge in [-0.15, -0.1) is 0 Å². The second kappa shape index (κ2) is 20.9. The Kier molecular flexibility index (Phi) is 15.5. The first-order valence-electron chi connectivity index (χ1n) is 20.6. The predicted molar refractivity (Wildman–Crippen MR) is 211 cm³/mol. The van der Waals surface area contributed by atoms with E-state index in [1.54, 1.807) is 54.6 Å². The first-order valence-corrected chi connectivity index (χ1v) is 20.6. The van der Waals surface area contributed by atoms with Gasteiger partial charge < -0.3 is 93.3 Å². The van der Waals surface area contributed by atoms with Gasteiger partial charge in [-0.05, 0) is 29.7 Å². The molecule has 1 aliphatic carbocycles. The fourth-order valence-corrected chi connectivity index (χ4v) is 8.15. The van der Waals surface area contributed by atoms with Crippen molar-refractivity contribution in [3.05, 3.63) is 89.2 Å². The lowest BCUT2D eigenvalue weighted by Gasteiger charge is -2.43. The van der Waals surface area contributed by atoms with E-state index in [4.69, 9.17) is 47.4 Å². The summed E-state index contributed by atoms with van der Waals surface area (Å²) in [5.74, 6) is -3.18. The summed E-state index contributed by atoms with van der Waals surface area (Å²) in [6.07, 6.45) is -19.7. The molecule has 0 unspecified atom stereocenters. The quantitative estimate of drug-likeness (QED) is 0.0624. The van der Waals surface area contributed by atoms with Gasteiger partial charge in [-0.2, -0.15) is 5.26 Å². The SMILES string of the molecule is COc1ccccc1C(=O)OC[C@H]1O[C@@H](O[C@@H]2OC=C(C(=O)OC[C@@]3(O)CO[C@@H](OC[C@H]4O[C@@H](O[C@@H](C#N)c5ccccc5)[C@H](O)[C@@H](O)[C@@H]4O)[C@@H]3O)[C@H]3CC=C(CO)[C@@H]23)[C@H](O)[C@@H](O)[C@@H]1O. The van der Waals surface area contributed by atoms with Crippen molar-refractivity contribution < 1.29 is 103 Å². The van der Waals surface area contributed by atoms with Crippen molar-refractivity contribution in [3.8, 4) is 11.8 Å². The molecule has 0 aromatic heterocycles. The van der Waals surface area contributed by atoms with Crippen LogP contribution in [0.4, 0.5) is 0 Å². The molecule has 3 fully saturated rings. The topological polar surface area (TPSA) is 332 Å². The zero-order chi connectivity index (χ0) is 46.6. The monoisotopic (exact) mass is 917 g/mol. The highest BCUT2D eigenvalue weighted by Crippen LogP contribution is 2.45. The molecule has 0 radical (unpaired) electrons. The molecular formula is C43H51NO21. The normalized spacial score (nSPS) is 37.2. The van der Waals surface area contributed by atoms with E-state index < -0.39 is 149 Å². The Labute approximate surface area is 370 Å². The Hall–Kier alpha value is -4.65. The lowest BCUT2D eigenvalue weighted by molar-refractivity contribution is -0.339.